The lowest BCUT2D eigenvalue weighted by atomic mass is 10.00. The van der Waals surface area contributed by atoms with E-state index in [4.69, 9.17) is 5.11 Å². The summed E-state index contributed by atoms with van der Waals surface area (Å²) in [5, 5.41) is 9.96. The summed E-state index contributed by atoms with van der Waals surface area (Å²) in [6.07, 6.45) is 5.25. The highest BCUT2D eigenvalue weighted by atomic mass is 79.9. The Morgan fingerprint density at radius 1 is 1.00 bits per heavy atom. The van der Waals surface area contributed by atoms with Crippen LogP contribution in [0.4, 0.5) is 0 Å². The van der Waals surface area contributed by atoms with Gasteiger partial charge in [0, 0.05) is 25.0 Å². The van der Waals surface area contributed by atoms with Crippen LogP contribution in [0.15, 0.2) is 0 Å². The fourth-order valence-corrected chi connectivity index (χ4v) is 3.35. The molecular weight excluding hydrogens is 292 g/mol. The number of alkyl halides is 1. The number of aliphatic hydroxyl groups excluding tert-OH is 1. The van der Waals surface area contributed by atoms with Crippen molar-refractivity contribution in [1.29, 1.82) is 0 Å². The lowest BCUT2D eigenvalue weighted by molar-refractivity contribution is 0.138. The maximum atomic E-state index is 8.78. The highest BCUT2D eigenvalue weighted by molar-refractivity contribution is 9.09. The van der Waals surface area contributed by atoms with Crippen molar-refractivity contribution in [2.45, 2.75) is 25.7 Å². The van der Waals surface area contributed by atoms with Crippen LogP contribution in [0, 0.1) is 11.8 Å². The van der Waals surface area contributed by atoms with Crippen molar-refractivity contribution < 1.29 is 5.11 Å². The Morgan fingerprint density at radius 2 is 1.50 bits per heavy atom. The zero-order valence-corrected chi connectivity index (χ0v) is 13.5. The molecule has 0 radical (unpaired) electrons. The molecule has 4 heteroatoms. The molecule has 18 heavy (non-hydrogen) atoms. The SMILES string of the molecule is CN1CCCC(CBr)C1.CN1CCCC(CO)C1. The second-order valence-electron chi connectivity index (χ2n) is 5.88. The summed E-state index contributed by atoms with van der Waals surface area (Å²) in [6.45, 7) is 5.23. The van der Waals surface area contributed by atoms with Gasteiger partial charge in [-0.3, -0.25) is 0 Å². The van der Waals surface area contributed by atoms with Crippen molar-refractivity contribution in [3.8, 4) is 0 Å². The van der Waals surface area contributed by atoms with Crippen LogP contribution in [-0.2, 0) is 0 Å². The minimum absolute atomic E-state index is 0.365. The van der Waals surface area contributed by atoms with E-state index in [0.29, 0.717) is 12.5 Å². The first-order valence-corrected chi connectivity index (χ1v) is 8.31. The van der Waals surface area contributed by atoms with E-state index in [1.54, 1.807) is 0 Å². The molecule has 0 aliphatic carbocycles. The van der Waals surface area contributed by atoms with Crippen molar-refractivity contribution >= 4 is 15.9 Å². The predicted molar refractivity (Wildman–Crippen MR) is 81.3 cm³/mol. The molecule has 0 aromatic carbocycles. The summed E-state index contributed by atoms with van der Waals surface area (Å²) in [4.78, 5) is 4.69. The second kappa shape index (κ2) is 9.29. The minimum atomic E-state index is 0.365. The zero-order chi connectivity index (χ0) is 13.4. The van der Waals surface area contributed by atoms with Gasteiger partial charge < -0.3 is 14.9 Å². The van der Waals surface area contributed by atoms with Crippen LogP contribution in [-0.4, -0.2) is 67.1 Å². The van der Waals surface area contributed by atoms with E-state index in [2.05, 4.69) is 39.8 Å². The lowest BCUT2D eigenvalue weighted by Gasteiger charge is -2.28. The number of hydrogen-bond acceptors (Lipinski definition) is 3. The van der Waals surface area contributed by atoms with Crippen molar-refractivity contribution in [2.75, 3.05) is 52.2 Å². The Hall–Kier alpha value is 0.360. The maximum absolute atomic E-state index is 8.78. The van der Waals surface area contributed by atoms with Gasteiger partial charge in [-0.05, 0) is 64.7 Å². The first kappa shape index (κ1) is 16.4. The lowest BCUT2D eigenvalue weighted by Crippen LogP contribution is -2.33. The molecule has 0 saturated carbocycles. The van der Waals surface area contributed by atoms with Crippen molar-refractivity contribution in [3.05, 3.63) is 0 Å². The highest BCUT2D eigenvalue weighted by Crippen LogP contribution is 2.16. The number of nitrogens with zero attached hydrogens (tertiary/aromatic N) is 2. The summed E-state index contributed by atoms with van der Waals surface area (Å²) in [5.41, 5.74) is 0. The van der Waals surface area contributed by atoms with Gasteiger partial charge in [-0.15, -0.1) is 0 Å². The van der Waals surface area contributed by atoms with E-state index in [0.717, 1.165) is 12.5 Å². The van der Waals surface area contributed by atoms with Crippen LogP contribution < -0.4 is 0 Å². The highest BCUT2D eigenvalue weighted by Gasteiger charge is 2.15. The van der Waals surface area contributed by atoms with Gasteiger partial charge >= 0.3 is 0 Å². The summed E-state index contributed by atoms with van der Waals surface area (Å²) >= 11 is 3.51. The largest absolute Gasteiger partial charge is 0.396 e. The van der Waals surface area contributed by atoms with Gasteiger partial charge in [-0.25, -0.2) is 0 Å². The topological polar surface area (TPSA) is 26.7 Å². The molecule has 2 heterocycles. The predicted octanol–water partition coefficient (Wildman–Crippen LogP) is 2.04. The number of halogens is 1. The van der Waals surface area contributed by atoms with Gasteiger partial charge in [0.05, 0.1) is 0 Å². The standard InChI is InChI=1S/C7H14BrN.C7H15NO/c1-9-4-2-3-7(5-8)6-9;1-8-4-2-3-7(5-8)6-9/h7H,2-6H2,1H3;7,9H,2-6H2,1H3. The zero-order valence-electron chi connectivity index (χ0n) is 11.9. The summed E-state index contributed by atoms with van der Waals surface area (Å²) in [6, 6.07) is 0. The molecule has 2 atom stereocenters. The van der Waals surface area contributed by atoms with Crippen LogP contribution in [0.2, 0.25) is 0 Å². The molecule has 2 saturated heterocycles. The molecule has 3 nitrogen and oxygen atoms in total. The van der Waals surface area contributed by atoms with Crippen LogP contribution in [0.1, 0.15) is 25.7 Å². The van der Waals surface area contributed by atoms with E-state index in [9.17, 15) is 0 Å². The Balaban J connectivity index is 0.000000180. The number of aliphatic hydroxyl groups is 1. The van der Waals surface area contributed by atoms with Gasteiger partial charge in [0.2, 0.25) is 0 Å². The maximum Gasteiger partial charge on any atom is 0.0471 e. The summed E-state index contributed by atoms with van der Waals surface area (Å²) in [7, 11) is 4.32. The first-order chi connectivity index (χ1) is 8.65. The fraction of sp³-hybridized carbons (Fsp3) is 1.00. The Labute approximate surface area is 121 Å². The third kappa shape index (κ3) is 6.50. The molecule has 0 bridgehead atoms. The van der Waals surface area contributed by atoms with Gasteiger partial charge in [-0.1, -0.05) is 15.9 Å². The minimum Gasteiger partial charge on any atom is -0.396 e. The average molecular weight is 321 g/mol. The molecule has 0 spiro atoms. The van der Waals surface area contributed by atoms with E-state index >= 15 is 0 Å². The fourth-order valence-electron chi connectivity index (χ4n) is 2.82. The van der Waals surface area contributed by atoms with Gasteiger partial charge in [-0.2, -0.15) is 0 Å². The summed E-state index contributed by atoms with van der Waals surface area (Å²) < 4.78 is 0. The Kier molecular flexibility index (Phi) is 8.47. The molecule has 2 fully saturated rings. The number of hydrogen-bond donors (Lipinski definition) is 1. The first-order valence-electron chi connectivity index (χ1n) is 7.19. The normalized spacial score (nSPS) is 30.7. The van der Waals surface area contributed by atoms with E-state index < -0.39 is 0 Å². The molecule has 2 rings (SSSR count). The number of likely N-dealkylation sites (tertiary alicyclic amines) is 2. The third-order valence-electron chi connectivity index (χ3n) is 3.92. The van der Waals surface area contributed by atoms with Gasteiger partial charge in [0.25, 0.3) is 0 Å². The van der Waals surface area contributed by atoms with Gasteiger partial charge in [0.15, 0.2) is 0 Å². The molecule has 0 amide bonds. The number of piperidine rings is 2. The van der Waals surface area contributed by atoms with Crippen molar-refractivity contribution in [3.63, 3.8) is 0 Å². The quantitative estimate of drug-likeness (QED) is 0.789. The van der Waals surface area contributed by atoms with Crippen LogP contribution >= 0.6 is 15.9 Å². The average Bonchev–Trinajstić information content (AvgIpc) is 2.39. The van der Waals surface area contributed by atoms with E-state index in [1.807, 2.05) is 0 Å². The van der Waals surface area contributed by atoms with E-state index in [-0.39, 0.29) is 0 Å². The van der Waals surface area contributed by atoms with E-state index in [1.165, 1.54) is 50.6 Å². The molecule has 2 unspecified atom stereocenters. The Morgan fingerprint density at radius 3 is 1.83 bits per heavy atom. The van der Waals surface area contributed by atoms with Crippen LogP contribution in [0.25, 0.3) is 0 Å². The van der Waals surface area contributed by atoms with Crippen LogP contribution in [0.3, 0.4) is 0 Å². The monoisotopic (exact) mass is 320 g/mol. The van der Waals surface area contributed by atoms with Crippen molar-refractivity contribution in [1.82, 2.24) is 9.80 Å². The molecule has 0 aromatic heterocycles. The smallest absolute Gasteiger partial charge is 0.0471 e. The summed E-state index contributed by atoms with van der Waals surface area (Å²) in [5.74, 6) is 1.45. The van der Waals surface area contributed by atoms with Gasteiger partial charge in [0.1, 0.15) is 0 Å². The third-order valence-corrected chi connectivity index (χ3v) is 4.84. The number of rotatable bonds is 2. The molecule has 0 aromatic rings. The molecule has 2 aliphatic rings. The molecule has 1 N–H and O–H groups in total. The second-order valence-corrected chi connectivity index (χ2v) is 6.53. The molecular formula is C14H29BrN2O. The Bertz CT molecular complexity index is 194. The molecule has 108 valence electrons. The molecule has 2 aliphatic heterocycles. The van der Waals surface area contributed by atoms with Crippen molar-refractivity contribution in [2.24, 2.45) is 11.8 Å². The van der Waals surface area contributed by atoms with Crippen LogP contribution in [0.5, 0.6) is 0 Å².